The standard InChI is InChI=1S/C14H21NO3S/c1-5-7-8-11(16)15-13-12(14(17)18-6-2)9(3)10(4)19-13/h5-8H2,1-4H3,(H,15,16). The minimum Gasteiger partial charge on any atom is -0.462 e. The van der Waals surface area contributed by atoms with Crippen LogP contribution in [0.15, 0.2) is 0 Å². The van der Waals surface area contributed by atoms with Crippen LogP contribution in [-0.2, 0) is 9.53 Å². The average molecular weight is 283 g/mol. The molecule has 0 radical (unpaired) electrons. The molecule has 0 unspecified atom stereocenters. The fraction of sp³-hybridized carbons (Fsp3) is 0.571. The number of rotatable bonds is 6. The number of hydrogen-bond acceptors (Lipinski definition) is 4. The van der Waals surface area contributed by atoms with E-state index in [1.165, 1.54) is 11.3 Å². The number of carbonyl (C=O) groups is 2. The van der Waals surface area contributed by atoms with Crippen LogP contribution in [-0.4, -0.2) is 18.5 Å². The Hall–Kier alpha value is -1.36. The Kier molecular flexibility index (Phi) is 6.02. The van der Waals surface area contributed by atoms with Crippen molar-refractivity contribution in [2.24, 2.45) is 0 Å². The zero-order chi connectivity index (χ0) is 14.4. The fourth-order valence-corrected chi connectivity index (χ4v) is 2.76. The number of amides is 1. The maximum Gasteiger partial charge on any atom is 0.341 e. The van der Waals surface area contributed by atoms with E-state index >= 15 is 0 Å². The number of esters is 1. The van der Waals surface area contributed by atoms with Crippen molar-refractivity contribution in [3.8, 4) is 0 Å². The second-order valence-corrected chi connectivity index (χ2v) is 5.58. The van der Waals surface area contributed by atoms with Crippen LogP contribution >= 0.6 is 11.3 Å². The normalized spacial score (nSPS) is 10.3. The van der Waals surface area contributed by atoms with Gasteiger partial charge in [0.15, 0.2) is 0 Å². The molecule has 0 saturated carbocycles. The number of carbonyl (C=O) groups excluding carboxylic acids is 2. The van der Waals surface area contributed by atoms with Crippen LogP contribution in [0.25, 0.3) is 0 Å². The highest BCUT2D eigenvalue weighted by molar-refractivity contribution is 7.16. The van der Waals surface area contributed by atoms with Crippen LogP contribution in [0.1, 0.15) is 53.9 Å². The van der Waals surface area contributed by atoms with E-state index in [0.717, 1.165) is 23.3 Å². The lowest BCUT2D eigenvalue weighted by molar-refractivity contribution is -0.116. The maximum atomic E-state index is 11.9. The zero-order valence-corrected chi connectivity index (χ0v) is 12.8. The quantitative estimate of drug-likeness (QED) is 0.810. The van der Waals surface area contributed by atoms with Crippen molar-refractivity contribution in [3.05, 3.63) is 16.0 Å². The molecular formula is C14H21NO3S. The minimum atomic E-state index is -0.366. The summed E-state index contributed by atoms with van der Waals surface area (Å²) in [7, 11) is 0. The van der Waals surface area contributed by atoms with E-state index in [-0.39, 0.29) is 11.9 Å². The van der Waals surface area contributed by atoms with E-state index in [1.807, 2.05) is 20.8 Å². The first-order valence-corrected chi connectivity index (χ1v) is 7.39. The SMILES string of the molecule is CCCCC(=O)Nc1sc(C)c(C)c1C(=O)OCC. The summed E-state index contributed by atoms with van der Waals surface area (Å²) in [5.74, 6) is -0.413. The molecule has 1 aromatic rings. The summed E-state index contributed by atoms with van der Waals surface area (Å²) in [5, 5.41) is 3.43. The summed E-state index contributed by atoms with van der Waals surface area (Å²) in [6.07, 6.45) is 2.30. The molecule has 0 aromatic carbocycles. The van der Waals surface area contributed by atoms with Gasteiger partial charge < -0.3 is 10.1 Å². The molecule has 0 atom stereocenters. The molecule has 4 nitrogen and oxygen atoms in total. The summed E-state index contributed by atoms with van der Waals surface area (Å²) in [5.41, 5.74) is 1.38. The molecule has 5 heteroatoms. The molecule has 0 saturated heterocycles. The summed E-state index contributed by atoms with van der Waals surface area (Å²) in [6.45, 7) is 7.95. The predicted molar refractivity (Wildman–Crippen MR) is 77.9 cm³/mol. The second-order valence-electron chi connectivity index (χ2n) is 4.36. The molecule has 0 bridgehead atoms. The fourth-order valence-electron chi connectivity index (χ4n) is 1.69. The van der Waals surface area contributed by atoms with Gasteiger partial charge in [0.05, 0.1) is 12.2 Å². The van der Waals surface area contributed by atoms with Crippen molar-refractivity contribution in [1.29, 1.82) is 0 Å². The first-order chi connectivity index (χ1) is 9.01. The highest BCUT2D eigenvalue weighted by atomic mass is 32.1. The molecule has 1 rings (SSSR count). The van der Waals surface area contributed by atoms with Gasteiger partial charge in [0.2, 0.25) is 5.91 Å². The monoisotopic (exact) mass is 283 g/mol. The number of unbranched alkanes of at least 4 members (excludes halogenated alkanes) is 1. The predicted octanol–water partition coefficient (Wildman–Crippen LogP) is 3.67. The average Bonchev–Trinajstić information content (AvgIpc) is 2.62. The molecule has 1 aromatic heterocycles. The van der Waals surface area contributed by atoms with Crippen LogP contribution in [0.2, 0.25) is 0 Å². The van der Waals surface area contributed by atoms with E-state index in [1.54, 1.807) is 6.92 Å². The smallest absolute Gasteiger partial charge is 0.341 e. The van der Waals surface area contributed by atoms with Gasteiger partial charge >= 0.3 is 5.97 Å². The van der Waals surface area contributed by atoms with Gasteiger partial charge in [-0.2, -0.15) is 0 Å². The molecule has 1 N–H and O–H groups in total. The van der Waals surface area contributed by atoms with Gasteiger partial charge in [-0.05, 0) is 32.8 Å². The van der Waals surface area contributed by atoms with E-state index in [4.69, 9.17) is 4.74 Å². The van der Waals surface area contributed by atoms with E-state index in [9.17, 15) is 9.59 Å². The highest BCUT2D eigenvalue weighted by Gasteiger charge is 2.21. The highest BCUT2D eigenvalue weighted by Crippen LogP contribution is 2.33. The molecule has 0 spiro atoms. The lowest BCUT2D eigenvalue weighted by Gasteiger charge is -2.06. The van der Waals surface area contributed by atoms with Gasteiger partial charge in [-0.25, -0.2) is 4.79 Å². The van der Waals surface area contributed by atoms with Crippen molar-refractivity contribution >= 4 is 28.2 Å². The summed E-state index contributed by atoms with van der Waals surface area (Å²) in [4.78, 5) is 24.7. The Morgan fingerprint density at radius 3 is 2.53 bits per heavy atom. The Bertz CT molecular complexity index is 466. The van der Waals surface area contributed by atoms with Gasteiger partial charge in [0.25, 0.3) is 0 Å². The third kappa shape index (κ3) is 4.06. The zero-order valence-electron chi connectivity index (χ0n) is 12.0. The molecule has 0 aliphatic heterocycles. The Balaban J connectivity index is 2.91. The van der Waals surface area contributed by atoms with Crippen molar-refractivity contribution in [2.45, 2.75) is 47.0 Å². The van der Waals surface area contributed by atoms with E-state index < -0.39 is 0 Å². The molecule has 19 heavy (non-hydrogen) atoms. The first kappa shape index (κ1) is 15.7. The van der Waals surface area contributed by atoms with Crippen molar-refractivity contribution in [2.75, 3.05) is 11.9 Å². The molecule has 106 valence electrons. The lowest BCUT2D eigenvalue weighted by atomic mass is 10.1. The molecule has 0 aliphatic rings. The van der Waals surface area contributed by atoms with Gasteiger partial charge in [0, 0.05) is 11.3 Å². The van der Waals surface area contributed by atoms with Crippen LogP contribution in [0.5, 0.6) is 0 Å². The van der Waals surface area contributed by atoms with Crippen molar-refractivity contribution in [3.63, 3.8) is 0 Å². The lowest BCUT2D eigenvalue weighted by Crippen LogP contribution is -2.14. The van der Waals surface area contributed by atoms with E-state index in [0.29, 0.717) is 23.6 Å². The molecule has 0 aliphatic carbocycles. The van der Waals surface area contributed by atoms with E-state index in [2.05, 4.69) is 5.32 Å². The molecule has 1 heterocycles. The van der Waals surface area contributed by atoms with Crippen LogP contribution in [0.3, 0.4) is 0 Å². The summed E-state index contributed by atoms with van der Waals surface area (Å²) >= 11 is 1.42. The van der Waals surface area contributed by atoms with Gasteiger partial charge in [-0.3, -0.25) is 4.79 Å². The largest absolute Gasteiger partial charge is 0.462 e. The number of ether oxygens (including phenoxy) is 1. The number of aryl methyl sites for hydroxylation is 1. The number of nitrogens with one attached hydrogen (secondary N) is 1. The summed E-state index contributed by atoms with van der Waals surface area (Å²) < 4.78 is 5.04. The molecule has 0 fully saturated rings. The second kappa shape index (κ2) is 7.28. The van der Waals surface area contributed by atoms with Gasteiger partial charge in [-0.15, -0.1) is 11.3 Å². The van der Waals surface area contributed by atoms with Crippen LogP contribution in [0, 0.1) is 13.8 Å². The first-order valence-electron chi connectivity index (χ1n) is 6.58. The Morgan fingerprint density at radius 2 is 1.95 bits per heavy atom. The van der Waals surface area contributed by atoms with Crippen LogP contribution < -0.4 is 5.32 Å². The Labute approximate surface area is 118 Å². The number of thiophene rings is 1. The molecular weight excluding hydrogens is 262 g/mol. The van der Waals surface area contributed by atoms with Crippen LogP contribution in [0.4, 0.5) is 5.00 Å². The topological polar surface area (TPSA) is 55.4 Å². The van der Waals surface area contributed by atoms with Gasteiger partial charge in [0.1, 0.15) is 5.00 Å². The third-order valence-corrected chi connectivity index (χ3v) is 4.00. The van der Waals surface area contributed by atoms with Crippen molar-refractivity contribution in [1.82, 2.24) is 0 Å². The minimum absolute atomic E-state index is 0.0475. The number of hydrogen-bond donors (Lipinski definition) is 1. The number of anilines is 1. The summed E-state index contributed by atoms with van der Waals surface area (Å²) in [6, 6.07) is 0. The van der Waals surface area contributed by atoms with Crippen molar-refractivity contribution < 1.29 is 14.3 Å². The molecule has 1 amide bonds. The van der Waals surface area contributed by atoms with Gasteiger partial charge in [-0.1, -0.05) is 13.3 Å². The Morgan fingerprint density at radius 1 is 1.26 bits per heavy atom. The maximum absolute atomic E-state index is 11.9. The third-order valence-electron chi connectivity index (χ3n) is 2.88.